The number of imide groups is 1. The van der Waals surface area contributed by atoms with E-state index in [-0.39, 0.29) is 19.5 Å². The second-order valence-electron chi connectivity index (χ2n) is 6.51. The largest absolute Gasteiger partial charge is 0.451 e. The molecule has 1 N–H and O–H groups in total. The summed E-state index contributed by atoms with van der Waals surface area (Å²) < 4.78 is 45.6. The average molecular weight is 413 g/mol. The Kier molecular flexibility index (Phi) is 5.66. The lowest BCUT2D eigenvalue weighted by molar-refractivity contribution is -0.160. The van der Waals surface area contributed by atoms with Crippen LogP contribution in [0.1, 0.15) is 19.8 Å². The van der Waals surface area contributed by atoms with Gasteiger partial charge in [-0.25, -0.2) is 17.6 Å². The minimum absolute atomic E-state index is 0.0350. The summed E-state index contributed by atoms with van der Waals surface area (Å²) in [5, 5.41) is 2.47. The Balaban J connectivity index is 1.73. The first-order valence-electron chi connectivity index (χ1n) is 8.79. The smallest absolute Gasteiger partial charge is 0.325 e. The number of nitrogens with zero attached hydrogens (tertiary/aromatic N) is 2. The van der Waals surface area contributed by atoms with Crippen LogP contribution in [0.2, 0.25) is 0 Å². The normalized spacial score (nSPS) is 21.4. The van der Waals surface area contributed by atoms with Gasteiger partial charge in [-0.3, -0.25) is 14.5 Å². The van der Waals surface area contributed by atoms with Crippen molar-refractivity contribution in [2.45, 2.75) is 36.8 Å². The third-order valence-electron chi connectivity index (χ3n) is 4.66. The van der Waals surface area contributed by atoms with Gasteiger partial charge in [0.05, 0.1) is 0 Å². The Morgan fingerprint density at radius 2 is 2.00 bits per heavy atom. The van der Waals surface area contributed by atoms with Gasteiger partial charge in [0.2, 0.25) is 10.0 Å². The van der Waals surface area contributed by atoms with Gasteiger partial charge in [0.1, 0.15) is 16.8 Å². The highest BCUT2D eigenvalue weighted by Gasteiger charge is 2.42. The number of hydrogen-bond acceptors (Lipinski definition) is 6. The number of rotatable bonds is 5. The molecule has 2 saturated heterocycles. The maximum atomic E-state index is 14.0. The summed E-state index contributed by atoms with van der Waals surface area (Å²) in [6, 6.07) is 3.18. The molecule has 0 aromatic heterocycles. The van der Waals surface area contributed by atoms with E-state index in [2.05, 4.69) is 5.32 Å². The highest BCUT2D eigenvalue weighted by atomic mass is 32.2. The zero-order valence-electron chi connectivity index (χ0n) is 15.1. The number of nitrogens with one attached hydrogen (secondary N) is 1. The van der Waals surface area contributed by atoms with E-state index in [1.807, 2.05) is 0 Å². The highest BCUT2D eigenvalue weighted by molar-refractivity contribution is 7.89. The molecule has 2 heterocycles. The lowest BCUT2D eigenvalue weighted by Gasteiger charge is -2.25. The molecule has 3 amide bonds. The number of hydrogen-bond donors (Lipinski definition) is 1. The van der Waals surface area contributed by atoms with E-state index in [9.17, 15) is 27.2 Å². The Hall–Kier alpha value is -2.53. The molecule has 2 atom stereocenters. The molecule has 28 heavy (non-hydrogen) atoms. The van der Waals surface area contributed by atoms with E-state index in [1.165, 1.54) is 19.1 Å². The number of sulfonamides is 1. The second-order valence-corrected chi connectivity index (χ2v) is 8.36. The molecule has 3 rings (SSSR count). The molecule has 0 aliphatic carbocycles. The third kappa shape index (κ3) is 3.72. The predicted octanol–water partition coefficient (Wildman–Crippen LogP) is 0.462. The van der Waals surface area contributed by atoms with Gasteiger partial charge in [-0.2, -0.15) is 4.31 Å². The second kappa shape index (κ2) is 7.84. The van der Waals surface area contributed by atoms with E-state index in [0.717, 1.165) is 21.3 Å². The monoisotopic (exact) mass is 413 g/mol. The van der Waals surface area contributed by atoms with Crippen LogP contribution in [0.3, 0.4) is 0 Å². The van der Waals surface area contributed by atoms with Crippen LogP contribution in [0.25, 0.3) is 0 Å². The van der Waals surface area contributed by atoms with Crippen LogP contribution in [0.15, 0.2) is 29.2 Å². The van der Waals surface area contributed by atoms with Gasteiger partial charge < -0.3 is 10.1 Å². The van der Waals surface area contributed by atoms with Gasteiger partial charge in [0.25, 0.3) is 5.91 Å². The van der Waals surface area contributed by atoms with Crippen LogP contribution in [0.5, 0.6) is 0 Å². The molecular weight excluding hydrogens is 393 g/mol. The molecular formula is C17H20FN3O6S. The molecule has 11 heteroatoms. The molecule has 0 radical (unpaired) electrons. The average Bonchev–Trinajstić information content (AvgIpc) is 3.30. The Morgan fingerprint density at radius 1 is 1.29 bits per heavy atom. The van der Waals surface area contributed by atoms with Crippen molar-refractivity contribution in [2.75, 3.05) is 19.6 Å². The maximum absolute atomic E-state index is 14.0. The highest BCUT2D eigenvalue weighted by Crippen LogP contribution is 2.28. The van der Waals surface area contributed by atoms with E-state index in [4.69, 9.17) is 4.74 Å². The number of carbonyl (C=O) groups excluding carboxylic acids is 3. The van der Waals surface area contributed by atoms with Crippen molar-refractivity contribution in [1.82, 2.24) is 14.5 Å². The van der Waals surface area contributed by atoms with Gasteiger partial charge in [-0.15, -0.1) is 0 Å². The summed E-state index contributed by atoms with van der Waals surface area (Å²) in [5.74, 6) is -2.51. The van der Waals surface area contributed by atoms with Crippen LogP contribution >= 0.6 is 0 Å². The van der Waals surface area contributed by atoms with E-state index >= 15 is 0 Å². The quantitative estimate of drug-likeness (QED) is 0.702. The zero-order chi connectivity index (χ0) is 20.5. The summed E-state index contributed by atoms with van der Waals surface area (Å²) in [5.41, 5.74) is 0. The minimum atomic E-state index is -4.25. The molecule has 2 aliphatic rings. The summed E-state index contributed by atoms with van der Waals surface area (Å²) in [4.78, 5) is 36.8. The van der Waals surface area contributed by atoms with Crippen molar-refractivity contribution >= 4 is 27.9 Å². The van der Waals surface area contributed by atoms with Crippen LogP contribution in [-0.4, -0.2) is 67.3 Å². The number of benzene rings is 1. The van der Waals surface area contributed by atoms with Crippen molar-refractivity contribution in [2.24, 2.45) is 0 Å². The fourth-order valence-electron chi connectivity index (χ4n) is 3.25. The lowest BCUT2D eigenvalue weighted by Crippen LogP contribution is -2.46. The fraction of sp³-hybridized carbons (Fsp3) is 0.471. The minimum Gasteiger partial charge on any atom is -0.451 e. The predicted molar refractivity (Wildman–Crippen MR) is 94.0 cm³/mol. The molecule has 1 aromatic carbocycles. The van der Waals surface area contributed by atoms with Crippen molar-refractivity contribution in [3.63, 3.8) is 0 Å². The van der Waals surface area contributed by atoms with Gasteiger partial charge >= 0.3 is 12.0 Å². The van der Waals surface area contributed by atoms with Gasteiger partial charge in [0.15, 0.2) is 6.10 Å². The number of ether oxygens (including phenoxy) is 1. The van der Waals surface area contributed by atoms with Crippen molar-refractivity contribution in [3.8, 4) is 0 Å². The number of amides is 3. The summed E-state index contributed by atoms with van der Waals surface area (Å²) in [6.07, 6.45) is -0.669. The van der Waals surface area contributed by atoms with Gasteiger partial charge in [-0.05, 0) is 31.9 Å². The molecule has 0 saturated carbocycles. The molecule has 0 bridgehead atoms. The van der Waals surface area contributed by atoms with Crippen LogP contribution in [-0.2, 0) is 24.3 Å². The topological polar surface area (TPSA) is 113 Å². The Bertz CT molecular complexity index is 906. The molecule has 152 valence electrons. The molecule has 0 unspecified atom stereocenters. The van der Waals surface area contributed by atoms with Gasteiger partial charge in [0, 0.05) is 19.6 Å². The van der Waals surface area contributed by atoms with Gasteiger partial charge in [-0.1, -0.05) is 12.1 Å². The number of urea groups is 1. The first-order valence-corrected chi connectivity index (χ1v) is 10.2. The molecule has 9 nitrogen and oxygen atoms in total. The Labute approximate surface area is 161 Å². The summed E-state index contributed by atoms with van der Waals surface area (Å²) >= 11 is 0. The first-order chi connectivity index (χ1) is 13.2. The summed E-state index contributed by atoms with van der Waals surface area (Å²) in [6.45, 7) is 1.82. The van der Waals surface area contributed by atoms with Crippen molar-refractivity contribution in [3.05, 3.63) is 30.1 Å². The third-order valence-corrected chi connectivity index (χ3v) is 6.60. The molecule has 1 aromatic rings. The summed E-state index contributed by atoms with van der Waals surface area (Å²) in [7, 11) is -4.25. The SMILES string of the molecule is C[C@H](OC(=O)[C@@H]1CCCN1S(=O)(=O)c1ccccc1F)C(=O)N1CCNC1=O. The number of halogens is 1. The number of carbonyl (C=O) groups is 3. The van der Waals surface area contributed by atoms with E-state index < -0.39 is 50.8 Å². The zero-order valence-corrected chi connectivity index (χ0v) is 15.9. The van der Waals surface area contributed by atoms with Crippen LogP contribution in [0.4, 0.5) is 9.18 Å². The Morgan fingerprint density at radius 3 is 2.64 bits per heavy atom. The van der Waals surface area contributed by atoms with E-state index in [0.29, 0.717) is 13.0 Å². The standard InChI is InChI=1S/C17H20FN3O6S/c1-11(15(22)20-10-8-19-17(20)24)27-16(23)13-6-4-9-21(13)28(25,26)14-7-3-2-5-12(14)18/h2-3,5,7,11,13H,4,6,8-10H2,1H3,(H,19,24)/t11-,13-/m0/s1. The lowest BCUT2D eigenvalue weighted by atomic mass is 10.2. The van der Waals surface area contributed by atoms with Crippen molar-refractivity contribution in [1.29, 1.82) is 0 Å². The molecule has 2 aliphatic heterocycles. The fourth-order valence-corrected chi connectivity index (χ4v) is 4.96. The maximum Gasteiger partial charge on any atom is 0.325 e. The number of esters is 1. The van der Waals surface area contributed by atoms with Crippen LogP contribution < -0.4 is 5.32 Å². The molecule has 0 spiro atoms. The molecule has 2 fully saturated rings. The van der Waals surface area contributed by atoms with Crippen molar-refractivity contribution < 1.29 is 31.9 Å². The van der Waals surface area contributed by atoms with Crippen LogP contribution in [0, 0.1) is 5.82 Å². The van der Waals surface area contributed by atoms with E-state index in [1.54, 1.807) is 0 Å². The first kappa shape index (κ1) is 20.2.